The Bertz CT molecular complexity index is 1170. The van der Waals surface area contributed by atoms with Gasteiger partial charge in [-0.25, -0.2) is 12.8 Å². The van der Waals surface area contributed by atoms with Crippen molar-refractivity contribution in [3.05, 3.63) is 64.4 Å². The van der Waals surface area contributed by atoms with Crippen molar-refractivity contribution in [2.24, 2.45) is 5.92 Å². The molecule has 0 spiro atoms. The van der Waals surface area contributed by atoms with Crippen LogP contribution in [0.3, 0.4) is 0 Å². The fourth-order valence-electron chi connectivity index (χ4n) is 4.17. The van der Waals surface area contributed by atoms with Crippen LogP contribution >= 0.6 is 11.6 Å². The van der Waals surface area contributed by atoms with E-state index in [0.29, 0.717) is 24.9 Å². The summed E-state index contributed by atoms with van der Waals surface area (Å²) in [6, 6.07) is 9.38. The van der Waals surface area contributed by atoms with E-state index in [2.05, 4.69) is 5.32 Å². The normalized spacial score (nSPS) is 19.6. The van der Waals surface area contributed by atoms with Crippen molar-refractivity contribution >= 4 is 33.3 Å². The highest BCUT2D eigenvalue weighted by Gasteiger charge is 2.39. The molecule has 1 saturated heterocycles. The van der Waals surface area contributed by atoms with Crippen LogP contribution in [0.2, 0.25) is 5.02 Å². The summed E-state index contributed by atoms with van der Waals surface area (Å²) in [6.07, 6.45) is 4.12. The van der Waals surface area contributed by atoms with Crippen LogP contribution in [-0.2, 0) is 14.6 Å². The number of benzene rings is 2. The van der Waals surface area contributed by atoms with E-state index >= 15 is 0 Å². The van der Waals surface area contributed by atoms with Crippen molar-refractivity contribution in [1.29, 1.82) is 0 Å². The molecule has 2 aromatic carbocycles. The monoisotopic (exact) mass is 478 g/mol. The van der Waals surface area contributed by atoms with Gasteiger partial charge in [-0.1, -0.05) is 23.7 Å². The van der Waals surface area contributed by atoms with Crippen molar-refractivity contribution in [2.45, 2.75) is 42.7 Å². The molecule has 2 atom stereocenters. The van der Waals surface area contributed by atoms with E-state index in [4.69, 9.17) is 11.6 Å². The van der Waals surface area contributed by atoms with Crippen LogP contribution in [0.4, 0.5) is 4.39 Å². The van der Waals surface area contributed by atoms with Crippen LogP contribution in [0.5, 0.6) is 0 Å². The quantitative estimate of drug-likeness (QED) is 0.685. The Kier molecular flexibility index (Phi) is 6.27. The number of amides is 2. The van der Waals surface area contributed by atoms with E-state index in [1.54, 1.807) is 12.1 Å². The number of likely N-dealkylation sites (tertiary alicyclic amines) is 1. The number of carbonyl (C=O) groups excluding carboxylic acids is 2. The molecule has 1 aliphatic carbocycles. The lowest BCUT2D eigenvalue weighted by molar-refractivity contribution is -0.125. The molecule has 0 aromatic heterocycles. The van der Waals surface area contributed by atoms with Gasteiger partial charge in [-0.3, -0.25) is 9.59 Å². The average molecular weight is 479 g/mol. The molecule has 0 unspecified atom stereocenters. The average Bonchev–Trinajstić information content (AvgIpc) is 3.48. The van der Waals surface area contributed by atoms with Crippen LogP contribution in [0.25, 0.3) is 0 Å². The van der Waals surface area contributed by atoms with Gasteiger partial charge in [-0.15, -0.1) is 0 Å². The van der Waals surface area contributed by atoms with Crippen LogP contribution in [0.15, 0.2) is 47.4 Å². The first-order chi connectivity index (χ1) is 15.1. The topological polar surface area (TPSA) is 83.6 Å². The summed E-state index contributed by atoms with van der Waals surface area (Å²) in [4.78, 5) is 27.8. The van der Waals surface area contributed by atoms with Crippen LogP contribution in [0.1, 0.15) is 47.6 Å². The number of rotatable bonds is 6. The van der Waals surface area contributed by atoms with E-state index < -0.39 is 21.7 Å². The number of carbonyl (C=O) groups is 2. The number of halogens is 2. The Morgan fingerprint density at radius 2 is 1.91 bits per heavy atom. The molecule has 2 amide bonds. The summed E-state index contributed by atoms with van der Waals surface area (Å²) < 4.78 is 37.7. The van der Waals surface area contributed by atoms with Gasteiger partial charge in [0.25, 0.3) is 5.91 Å². The van der Waals surface area contributed by atoms with Gasteiger partial charge in [0.1, 0.15) is 11.9 Å². The van der Waals surface area contributed by atoms with E-state index in [1.165, 1.54) is 35.2 Å². The molecule has 170 valence electrons. The van der Waals surface area contributed by atoms with Crippen molar-refractivity contribution in [2.75, 3.05) is 12.8 Å². The van der Waals surface area contributed by atoms with Crippen molar-refractivity contribution in [3.8, 4) is 0 Å². The smallest absolute Gasteiger partial charge is 0.254 e. The first kappa shape index (κ1) is 22.7. The van der Waals surface area contributed by atoms with E-state index in [9.17, 15) is 22.4 Å². The van der Waals surface area contributed by atoms with Gasteiger partial charge in [0.05, 0.1) is 16.0 Å². The molecule has 2 aromatic rings. The van der Waals surface area contributed by atoms with Crippen LogP contribution < -0.4 is 5.32 Å². The first-order valence-electron chi connectivity index (χ1n) is 10.5. The summed E-state index contributed by atoms with van der Waals surface area (Å²) in [5.74, 6) is -0.986. The summed E-state index contributed by atoms with van der Waals surface area (Å²) in [7, 11) is -3.46. The van der Waals surface area contributed by atoms with Gasteiger partial charge in [0.15, 0.2) is 9.84 Å². The predicted molar refractivity (Wildman–Crippen MR) is 119 cm³/mol. The highest BCUT2D eigenvalue weighted by molar-refractivity contribution is 7.90. The Morgan fingerprint density at radius 3 is 2.56 bits per heavy atom. The summed E-state index contributed by atoms with van der Waals surface area (Å²) in [5.41, 5.74) is 0.880. The molecular formula is C23H24ClFN2O4S. The van der Waals surface area contributed by atoms with Crippen molar-refractivity contribution < 1.29 is 22.4 Å². The SMILES string of the molecule is CS(=O)(=O)c1cccc(C(=O)N2CCC[C@@H]2C(=O)N[C@@H](c2ccc(Cl)c(F)c2)C2CC2)c1. The largest absolute Gasteiger partial charge is 0.347 e. The highest BCUT2D eigenvalue weighted by atomic mass is 35.5. The minimum absolute atomic E-state index is 0.0264. The van der Waals surface area contributed by atoms with Crippen molar-refractivity contribution in [1.82, 2.24) is 10.2 Å². The lowest BCUT2D eigenvalue weighted by Crippen LogP contribution is -2.47. The van der Waals surface area contributed by atoms with Gasteiger partial charge in [-0.05, 0) is 67.5 Å². The fraction of sp³-hybridized carbons (Fsp3) is 0.391. The Hall–Kier alpha value is -2.45. The molecule has 2 aliphatic rings. The molecule has 2 fully saturated rings. The van der Waals surface area contributed by atoms with Gasteiger partial charge >= 0.3 is 0 Å². The maximum absolute atomic E-state index is 14.0. The number of sulfone groups is 1. The fourth-order valence-corrected chi connectivity index (χ4v) is 4.95. The van der Waals surface area contributed by atoms with Crippen molar-refractivity contribution in [3.63, 3.8) is 0 Å². The third kappa shape index (κ3) is 4.81. The summed E-state index contributed by atoms with van der Waals surface area (Å²) in [5, 5.41) is 3.04. The third-order valence-electron chi connectivity index (χ3n) is 6.02. The zero-order valence-electron chi connectivity index (χ0n) is 17.6. The molecule has 1 N–H and O–H groups in total. The molecule has 1 aliphatic heterocycles. The Morgan fingerprint density at radius 1 is 1.16 bits per heavy atom. The highest BCUT2D eigenvalue weighted by Crippen LogP contribution is 2.41. The zero-order chi connectivity index (χ0) is 23.0. The van der Waals surface area contributed by atoms with Gasteiger partial charge in [0.2, 0.25) is 5.91 Å². The first-order valence-corrected chi connectivity index (χ1v) is 12.8. The van der Waals surface area contributed by atoms with E-state index in [1.807, 2.05) is 0 Å². The second-order valence-electron chi connectivity index (χ2n) is 8.45. The lowest BCUT2D eigenvalue weighted by atomic mass is 10.0. The molecule has 1 heterocycles. The minimum Gasteiger partial charge on any atom is -0.347 e. The number of nitrogens with zero attached hydrogens (tertiary/aromatic N) is 1. The Balaban J connectivity index is 1.53. The number of nitrogens with one attached hydrogen (secondary N) is 1. The second kappa shape index (κ2) is 8.83. The number of hydrogen-bond acceptors (Lipinski definition) is 4. The summed E-state index contributed by atoms with van der Waals surface area (Å²) >= 11 is 5.80. The molecular weight excluding hydrogens is 455 g/mol. The second-order valence-corrected chi connectivity index (χ2v) is 10.9. The molecule has 0 bridgehead atoms. The molecule has 6 nitrogen and oxygen atoms in total. The maximum atomic E-state index is 14.0. The molecule has 32 heavy (non-hydrogen) atoms. The molecule has 4 rings (SSSR count). The van der Waals surface area contributed by atoms with E-state index in [0.717, 1.165) is 19.1 Å². The predicted octanol–water partition coefficient (Wildman–Crippen LogP) is 3.75. The van der Waals surface area contributed by atoms with Gasteiger partial charge < -0.3 is 10.2 Å². The summed E-state index contributed by atoms with van der Waals surface area (Å²) in [6.45, 7) is 0.406. The lowest BCUT2D eigenvalue weighted by Gasteiger charge is -2.27. The zero-order valence-corrected chi connectivity index (χ0v) is 19.1. The standard InChI is InChI=1S/C23H24ClFN2O4S/c1-32(30,31)17-5-2-4-16(12-17)23(29)27-11-3-6-20(27)22(28)26-21(14-7-8-14)15-9-10-18(24)19(25)13-15/h2,4-5,9-10,12-14,20-21H,3,6-8,11H2,1H3,(H,26,28)/t20-,21-/m1/s1. The number of hydrogen-bond donors (Lipinski definition) is 1. The van der Waals surface area contributed by atoms with Gasteiger partial charge in [0, 0.05) is 18.4 Å². The third-order valence-corrected chi connectivity index (χ3v) is 7.44. The van der Waals surface area contributed by atoms with Gasteiger partial charge in [-0.2, -0.15) is 0 Å². The van der Waals surface area contributed by atoms with Crippen LogP contribution in [0, 0.1) is 11.7 Å². The molecule has 0 radical (unpaired) electrons. The minimum atomic E-state index is -3.46. The Labute approximate surface area is 191 Å². The molecule has 9 heteroatoms. The van der Waals surface area contributed by atoms with E-state index in [-0.39, 0.29) is 39.3 Å². The maximum Gasteiger partial charge on any atom is 0.254 e. The molecule has 1 saturated carbocycles. The van der Waals surface area contributed by atoms with Crippen LogP contribution in [-0.4, -0.2) is 44.0 Å².